The van der Waals surface area contributed by atoms with Crippen LogP contribution in [0.2, 0.25) is 0 Å². The van der Waals surface area contributed by atoms with Gasteiger partial charge in [-0.1, -0.05) is 43.3 Å². The minimum absolute atomic E-state index is 0.0399. The fourth-order valence-electron chi connectivity index (χ4n) is 4.38. The van der Waals surface area contributed by atoms with E-state index in [0.29, 0.717) is 34.9 Å². The van der Waals surface area contributed by atoms with E-state index in [9.17, 15) is 26.3 Å². The highest BCUT2D eigenvalue weighted by atomic mass is 19.4. The first-order valence-corrected chi connectivity index (χ1v) is 12.8. The number of hydrogen-bond donors (Lipinski definition) is 0. The average molecular weight is 565 g/mol. The van der Waals surface area contributed by atoms with Gasteiger partial charge in [0.2, 0.25) is 0 Å². The van der Waals surface area contributed by atoms with Gasteiger partial charge in [0.05, 0.1) is 6.61 Å². The van der Waals surface area contributed by atoms with E-state index in [0.717, 1.165) is 24.1 Å². The van der Waals surface area contributed by atoms with Gasteiger partial charge in [-0.15, -0.1) is 0 Å². The van der Waals surface area contributed by atoms with Gasteiger partial charge in [-0.05, 0) is 66.3 Å². The summed E-state index contributed by atoms with van der Waals surface area (Å²) in [5.74, 6) is -3.06. The van der Waals surface area contributed by atoms with Crippen LogP contribution < -0.4 is 9.47 Å². The molecule has 0 saturated carbocycles. The van der Waals surface area contributed by atoms with Crippen molar-refractivity contribution < 1.29 is 40.2 Å². The van der Waals surface area contributed by atoms with Crippen LogP contribution in [0.3, 0.4) is 0 Å². The summed E-state index contributed by atoms with van der Waals surface area (Å²) < 4.78 is 105. The van der Waals surface area contributed by atoms with Crippen LogP contribution in [0.15, 0.2) is 60.7 Å². The van der Waals surface area contributed by atoms with E-state index in [1.165, 1.54) is 18.2 Å². The summed E-state index contributed by atoms with van der Waals surface area (Å²) in [5, 5.41) is 0.998. The second kappa shape index (κ2) is 12.6. The molecule has 4 aromatic carbocycles. The fourth-order valence-corrected chi connectivity index (χ4v) is 4.38. The van der Waals surface area contributed by atoms with Gasteiger partial charge in [-0.25, -0.2) is 17.6 Å². The first kappa shape index (κ1) is 29.2. The van der Waals surface area contributed by atoms with Crippen LogP contribution >= 0.6 is 0 Å². The molecule has 0 unspecified atom stereocenters. The van der Waals surface area contributed by atoms with Crippen molar-refractivity contribution in [2.75, 3.05) is 13.2 Å². The zero-order valence-electron chi connectivity index (χ0n) is 21.7. The van der Waals surface area contributed by atoms with Crippen molar-refractivity contribution in [2.45, 2.75) is 45.2 Å². The van der Waals surface area contributed by atoms with Crippen molar-refractivity contribution >= 4 is 10.8 Å². The Kier molecular flexibility index (Phi) is 9.22. The average Bonchev–Trinajstić information content (AvgIpc) is 2.90. The maximum atomic E-state index is 15.2. The second-order valence-corrected chi connectivity index (χ2v) is 9.48. The molecular formula is C31H27F7O2. The van der Waals surface area contributed by atoms with Gasteiger partial charge < -0.3 is 9.47 Å². The van der Waals surface area contributed by atoms with Crippen molar-refractivity contribution in [2.24, 2.45) is 0 Å². The molecule has 9 heteroatoms. The number of rotatable bonds is 11. The van der Waals surface area contributed by atoms with Crippen molar-refractivity contribution in [3.63, 3.8) is 0 Å². The van der Waals surface area contributed by atoms with E-state index in [4.69, 9.17) is 4.74 Å². The normalized spacial score (nSPS) is 11.7. The lowest BCUT2D eigenvalue weighted by Crippen LogP contribution is -2.19. The van der Waals surface area contributed by atoms with Crippen LogP contribution in [-0.4, -0.2) is 19.4 Å². The van der Waals surface area contributed by atoms with Crippen LogP contribution in [0, 0.1) is 23.3 Å². The quantitative estimate of drug-likeness (QED) is 0.170. The third kappa shape index (κ3) is 7.46. The summed E-state index contributed by atoms with van der Waals surface area (Å²) in [6, 6.07) is 14.5. The van der Waals surface area contributed by atoms with Gasteiger partial charge in [0.1, 0.15) is 23.2 Å². The molecule has 0 aliphatic heterocycles. The Morgan fingerprint density at radius 2 is 1.35 bits per heavy atom. The first-order valence-electron chi connectivity index (χ1n) is 12.8. The standard InChI is InChI=1S/C31H27F7O2/c1-2-13-39-23-16-26(32)25(27(33)17-23)11-5-19-4-10-24-22(14-19)9-8-21(30(24)35)7-3-20-6-12-29(28(34)15-20)40-18-31(36,37)38/h4,6,8-10,12,14-17H,2-3,5,7,11,13,18H2,1H3. The molecule has 0 bridgehead atoms. The number of aryl methyl sites for hydroxylation is 3. The highest BCUT2D eigenvalue weighted by Crippen LogP contribution is 2.27. The number of fused-ring (bicyclic) bond motifs is 1. The molecule has 4 aromatic rings. The lowest BCUT2D eigenvalue weighted by atomic mass is 9.97. The fraction of sp³-hybridized carbons (Fsp3) is 0.290. The number of benzene rings is 4. The van der Waals surface area contributed by atoms with E-state index < -0.39 is 41.8 Å². The van der Waals surface area contributed by atoms with Crippen molar-refractivity contribution in [1.29, 1.82) is 0 Å². The molecule has 0 heterocycles. The van der Waals surface area contributed by atoms with Crippen molar-refractivity contribution in [1.82, 2.24) is 0 Å². The predicted molar refractivity (Wildman–Crippen MR) is 139 cm³/mol. The molecule has 0 saturated heterocycles. The minimum atomic E-state index is -4.58. The van der Waals surface area contributed by atoms with Gasteiger partial charge in [0.15, 0.2) is 18.2 Å². The molecule has 4 rings (SSSR count). The Bertz CT molecular complexity index is 1460. The number of halogens is 7. The van der Waals surface area contributed by atoms with E-state index in [-0.39, 0.29) is 30.6 Å². The van der Waals surface area contributed by atoms with Crippen LogP contribution in [0.1, 0.15) is 35.6 Å². The highest BCUT2D eigenvalue weighted by Gasteiger charge is 2.29. The lowest BCUT2D eigenvalue weighted by molar-refractivity contribution is -0.153. The maximum Gasteiger partial charge on any atom is 0.422 e. The number of ether oxygens (including phenoxy) is 2. The van der Waals surface area contributed by atoms with Crippen LogP contribution in [0.5, 0.6) is 11.5 Å². The van der Waals surface area contributed by atoms with Crippen LogP contribution in [0.25, 0.3) is 10.8 Å². The zero-order valence-corrected chi connectivity index (χ0v) is 21.7. The SMILES string of the molecule is CCCOc1cc(F)c(CCc2ccc3c(F)c(CCc4ccc(OCC(F)(F)F)c(F)c4)ccc3c2)c(F)c1. The summed E-state index contributed by atoms with van der Waals surface area (Å²) in [5.41, 5.74) is 1.62. The Balaban J connectivity index is 1.41. The zero-order chi connectivity index (χ0) is 28.9. The van der Waals surface area contributed by atoms with Gasteiger partial charge in [0.25, 0.3) is 0 Å². The minimum Gasteiger partial charge on any atom is -0.493 e. The van der Waals surface area contributed by atoms with E-state index in [2.05, 4.69) is 4.74 Å². The third-order valence-electron chi connectivity index (χ3n) is 6.42. The summed E-state index contributed by atoms with van der Waals surface area (Å²) in [7, 11) is 0. The molecule has 40 heavy (non-hydrogen) atoms. The summed E-state index contributed by atoms with van der Waals surface area (Å²) in [6.45, 7) is 0.664. The van der Waals surface area contributed by atoms with Crippen molar-refractivity contribution in [3.8, 4) is 11.5 Å². The third-order valence-corrected chi connectivity index (χ3v) is 6.42. The number of alkyl halides is 3. The molecule has 0 aliphatic carbocycles. The van der Waals surface area contributed by atoms with Gasteiger partial charge in [-0.3, -0.25) is 0 Å². The monoisotopic (exact) mass is 564 g/mol. The molecule has 0 aliphatic rings. The predicted octanol–water partition coefficient (Wildman–Crippen LogP) is 8.70. The van der Waals surface area contributed by atoms with Gasteiger partial charge in [-0.2, -0.15) is 13.2 Å². The Morgan fingerprint density at radius 3 is 2.02 bits per heavy atom. The second-order valence-electron chi connectivity index (χ2n) is 9.48. The summed E-state index contributed by atoms with van der Waals surface area (Å²) >= 11 is 0. The van der Waals surface area contributed by atoms with Gasteiger partial charge >= 0.3 is 6.18 Å². The number of hydrogen-bond acceptors (Lipinski definition) is 2. The molecule has 2 nitrogen and oxygen atoms in total. The lowest BCUT2D eigenvalue weighted by Gasteiger charge is -2.12. The summed E-state index contributed by atoms with van der Waals surface area (Å²) in [4.78, 5) is 0. The topological polar surface area (TPSA) is 18.5 Å². The largest absolute Gasteiger partial charge is 0.493 e. The molecule has 0 fully saturated rings. The molecule has 0 aromatic heterocycles. The molecule has 0 radical (unpaired) electrons. The summed E-state index contributed by atoms with van der Waals surface area (Å²) in [6.07, 6.45) is -2.90. The van der Waals surface area contributed by atoms with E-state index in [1.54, 1.807) is 30.3 Å². The maximum absolute atomic E-state index is 15.2. The molecule has 212 valence electrons. The van der Waals surface area contributed by atoms with Gasteiger partial charge in [0, 0.05) is 23.1 Å². The molecular weight excluding hydrogens is 537 g/mol. The van der Waals surface area contributed by atoms with E-state index in [1.807, 2.05) is 6.92 Å². The highest BCUT2D eigenvalue weighted by molar-refractivity contribution is 5.84. The molecule has 0 amide bonds. The Labute approximate surface area is 227 Å². The van der Waals surface area contributed by atoms with Crippen LogP contribution in [-0.2, 0) is 25.7 Å². The molecule has 0 atom stereocenters. The Hall–Kier alpha value is -3.75. The smallest absolute Gasteiger partial charge is 0.422 e. The molecule has 0 N–H and O–H groups in total. The van der Waals surface area contributed by atoms with Crippen LogP contribution in [0.4, 0.5) is 30.7 Å². The van der Waals surface area contributed by atoms with Crippen molar-refractivity contribution in [3.05, 3.63) is 106 Å². The first-order chi connectivity index (χ1) is 19.0. The molecule has 0 spiro atoms. The Morgan fingerprint density at radius 1 is 0.675 bits per heavy atom. The van der Waals surface area contributed by atoms with E-state index >= 15 is 4.39 Å².